The minimum atomic E-state index is -2.99. The second-order valence-electron chi connectivity index (χ2n) is 3.46. The van der Waals surface area contributed by atoms with Crippen molar-refractivity contribution in [2.45, 2.75) is 0 Å². The minimum absolute atomic E-state index is 0. The number of hydrogen-bond donors (Lipinski definition) is 1. The van der Waals surface area contributed by atoms with Crippen LogP contribution in [0.15, 0.2) is 17.6 Å². The summed E-state index contributed by atoms with van der Waals surface area (Å²) in [5.41, 5.74) is 0. The maximum Gasteiger partial charge on any atom is 0.193 e. The third-order valence-electron chi connectivity index (χ3n) is 2.13. The van der Waals surface area contributed by atoms with E-state index >= 15 is 0 Å². The molecule has 94 valence electrons. The van der Waals surface area contributed by atoms with E-state index < -0.39 is 9.84 Å². The predicted octanol–water partition coefficient (Wildman–Crippen LogP) is 0.0962. The Hall–Kier alpha value is -0.310. The maximum atomic E-state index is 11.3. The molecule has 1 aliphatic rings. The molecule has 0 amide bonds. The quantitative estimate of drug-likeness (QED) is 0.559. The molecule has 0 saturated heterocycles. The maximum absolute atomic E-state index is 11.3. The monoisotopic (exact) mass is 359 g/mol. The molecule has 16 heavy (non-hydrogen) atoms. The number of sulfone groups is 1. The third-order valence-corrected chi connectivity index (χ3v) is 3.70. The third kappa shape index (κ3) is 5.15. The van der Waals surface area contributed by atoms with Gasteiger partial charge >= 0.3 is 0 Å². The zero-order chi connectivity index (χ0) is 11.3. The van der Waals surface area contributed by atoms with Gasteiger partial charge in [-0.2, -0.15) is 0 Å². The van der Waals surface area contributed by atoms with Crippen molar-refractivity contribution >= 4 is 39.8 Å². The molecular formula is C9H18IN3O2S. The van der Waals surface area contributed by atoms with Gasteiger partial charge in [-0.25, -0.2) is 8.42 Å². The fourth-order valence-corrected chi connectivity index (χ4v) is 2.24. The number of guanidine groups is 1. The van der Waals surface area contributed by atoms with E-state index in [4.69, 9.17) is 0 Å². The van der Waals surface area contributed by atoms with Gasteiger partial charge in [-0.05, 0) is 0 Å². The van der Waals surface area contributed by atoms with E-state index in [9.17, 15) is 8.42 Å². The fraction of sp³-hybridized carbons (Fsp3) is 0.667. The molecule has 1 N–H and O–H groups in total. The van der Waals surface area contributed by atoms with Gasteiger partial charge in [0.05, 0.1) is 18.1 Å². The van der Waals surface area contributed by atoms with Crippen LogP contribution in [-0.2, 0) is 9.84 Å². The average molecular weight is 359 g/mol. The molecule has 0 atom stereocenters. The summed E-state index contributed by atoms with van der Waals surface area (Å²) in [7, 11) is -1.07. The largest absolute Gasteiger partial charge is 0.355 e. The molecule has 0 saturated carbocycles. The highest BCUT2D eigenvalue weighted by Gasteiger charge is 2.13. The molecule has 7 heteroatoms. The zero-order valence-corrected chi connectivity index (χ0v) is 12.5. The van der Waals surface area contributed by atoms with Gasteiger partial charge in [0, 0.05) is 20.1 Å². The summed E-state index contributed by atoms with van der Waals surface area (Å²) in [6, 6.07) is 0. The Bertz CT molecular complexity index is 354. The van der Waals surface area contributed by atoms with Crippen molar-refractivity contribution in [2.75, 3.05) is 38.2 Å². The van der Waals surface area contributed by atoms with Crippen molar-refractivity contribution in [3.63, 3.8) is 0 Å². The van der Waals surface area contributed by atoms with Crippen molar-refractivity contribution < 1.29 is 8.42 Å². The molecule has 0 spiro atoms. The molecule has 0 unspecified atom stereocenters. The van der Waals surface area contributed by atoms with Crippen LogP contribution in [0.3, 0.4) is 0 Å². The number of likely N-dealkylation sites (N-methyl/N-ethyl adjacent to an activating group) is 1. The molecule has 5 nitrogen and oxygen atoms in total. The summed E-state index contributed by atoms with van der Waals surface area (Å²) in [6.45, 7) is 5.48. The van der Waals surface area contributed by atoms with Crippen molar-refractivity contribution in [1.29, 1.82) is 0 Å². The molecule has 0 aromatic rings. The number of nitrogens with zero attached hydrogens (tertiary/aromatic N) is 2. The van der Waals surface area contributed by atoms with Gasteiger partial charge in [-0.3, -0.25) is 4.99 Å². The lowest BCUT2D eigenvalue weighted by Crippen LogP contribution is -2.38. The molecule has 0 aromatic heterocycles. The topological polar surface area (TPSA) is 61.8 Å². The molecule has 0 aliphatic carbocycles. The standard InChI is InChI=1S/C9H17N3O2S.HI/c1-3-7-15(13,14)8-5-11-9-10-4-6-12(9)2;/h3H,1,4-8H2,2H3,(H,10,11);1H. The molecule has 0 bridgehead atoms. The van der Waals surface area contributed by atoms with Crippen LogP contribution in [0.4, 0.5) is 0 Å². The first kappa shape index (κ1) is 15.7. The lowest BCUT2D eigenvalue weighted by atomic mass is 10.6. The van der Waals surface area contributed by atoms with E-state index in [0.29, 0.717) is 6.54 Å². The van der Waals surface area contributed by atoms with E-state index in [0.717, 1.165) is 19.0 Å². The van der Waals surface area contributed by atoms with Gasteiger partial charge in [-0.15, -0.1) is 30.6 Å². The number of rotatable bonds is 5. The molecule has 1 heterocycles. The van der Waals surface area contributed by atoms with Gasteiger partial charge in [0.2, 0.25) is 0 Å². The SMILES string of the molecule is C=CCS(=O)(=O)CCNC1=NCCN1C.I. The number of aliphatic imine (C=N–C) groups is 1. The Kier molecular flexibility index (Phi) is 6.96. The first-order chi connectivity index (χ1) is 7.05. The molecule has 0 aromatic carbocycles. The van der Waals surface area contributed by atoms with E-state index in [-0.39, 0.29) is 35.5 Å². The normalized spacial score (nSPS) is 15.3. The molecule has 0 fully saturated rings. The van der Waals surface area contributed by atoms with Crippen LogP contribution in [0.1, 0.15) is 0 Å². The van der Waals surface area contributed by atoms with Gasteiger partial charge in [0.25, 0.3) is 0 Å². The first-order valence-corrected chi connectivity index (χ1v) is 6.68. The lowest BCUT2D eigenvalue weighted by Gasteiger charge is -2.14. The summed E-state index contributed by atoms with van der Waals surface area (Å²) < 4.78 is 22.6. The van der Waals surface area contributed by atoms with Gasteiger partial charge in [0.1, 0.15) is 0 Å². The van der Waals surface area contributed by atoms with Crippen LogP contribution in [0.2, 0.25) is 0 Å². The Morgan fingerprint density at radius 2 is 2.31 bits per heavy atom. The van der Waals surface area contributed by atoms with Crippen molar-refractivity contribution in [3.8, 4) is 0 Å². The first-order valence-electron chi connectivity index (χ1n) is 4.86. The summed E-state index contributed by atoms with van der Waals surface area (Å²) >= 11 is 0. The highest BCUT2D eigenvalue weighted by atomic mass is 127. The summed E-state index contributed by atoms with van der Waals surface area (Å²) in [6.07, 6.45) is 1.41. The number of nitrogens with one attached hydrogen (secondary N) is 1. The second kappa shape index (κ2) is 7.10. The average Bonchev–Trinajstić information content (AvgIpc) is 2.51. The van der Waals surface area contributed by atoms with Crippen LogP contribution >= 0.6 is 24.0 Å². The van der Waals surface area contributed by atoms with Crippen molar-refractivity contribution in [3.05, 3.63) is 12.7 Å². The van der Waals surface area contributed by atoms with Crippen LogP contribution < -0.4 is 5.32 Å². The van der Waals surface area contributed by atoms with Gasteiger partial charge in [0.15, 0.2) is 15.8 Å². The number of halogens is 1. The highest BCUT2D eigenvalue weighted by molar-refractivity contribution is 14.0. The van der Waals surface area contributed by atoms with Crippen LogP contribution in [0, 0.1) is 0 Å². The van der Waals surface area contributed by atoms with E-state index in [1.807, 2.05) is 11.9 Å². The summed E-state index contributed by atoms with van der Waals surface area (Å²) in [5.74, 6) is 0.937. The molecular weight excluding hydrogens is 341 g/mol. The van der Waals surface area contributed by atoms with E-state index in [1.54, 1.807) is 0 Å². The Morgan fingerprint density at radius 3 is 2.81 bits per heavy atom. The predicted molar refractivity (Wildman–Crippen MR) is 77.2 cm³/mol. The lowest BCUT2D eigenvalue weighted by molar-refractivity contribution is 0.535. The Morgan fingerprint density at radius 1 is 1.62 bits per heavy atom. The molecule has 1 rings (SSSR count). The molecule has 0 radical (unpaired) electrons. The highest BCUT2D eigenvalue weighted by Crippen LogP contribution is 1.95. The van der Waals surface area contributed by atoms with Crippen LogP contribution in [-0.4, -0.2) is 57.5 Å². The Balaban J connectivity index is 0.00000225. The van der Waals surface area contributed by atoms with Crippen LogP contribution in [0.5, 0.6) is 0 Å². The Labute approximate surface area is 114 Å². The van der Waals surface area contributed by atoms with E-state index in [2.05, 4.69) is 16.9 Å². The second-order valence-corrected chi connectivity index (χ2v) is 5.69. The summed E-state index contributed by atoms with van der Waals surface area (Å²) in [4.78, 5) is 6.17. The number of hydrogen-bond acceptors (Lipinski definition) is 5. The van der Waals surface area contributed by atoms with Gasteiger partial charge < -0.3 is 10.2 Å². The van der Waals surface area contributed by atoms with Crippen molar-refractivity contribution in [2.24, 2.45) is 4.99 Å². The minimum Gasteiger partial charge on any atom is -0.355 e. The van der Waals surface area contributed by atoms with E-state index in [1.165, 1.54) is 6.08 Å². The van der Waals surface area contributed by atoms with Gasteiger partial charge in [-0.1, -0.05) is 6.08 Å². The molecule has 1 aliphatic heterocycles. The van der Waals surface area contributed by atoms with Crippen molar-refractivity contribution in [1.82, 2.24) is 10.2 Å². The zero-order valence-electron chi connectivity index (χ0n) is 9.35. The fourth-order valence-electron chi connectivity index (χ4n) is 1.30. The van der Waals surface area contributed by atoms with Crippen LogP contribution in [0.25, 0.3) is 0 Å². The summed E-state index contributed by atoms with van der Waals surface area (Å²) in [5, 5.41) is 3.01. The smallest absolute Gasteiger partial charge is 0.193 e.